The van der Waals surface area contributed by atoms with Gasteiger partial charge in [-0.1, -0.05) is 6.92 Å². The van der Waals surface area contributed by atoms with Crippen molar-refractivity contribution in [2.45, 2.75) is 39.7 Å². The van der Waals surface area contributed by atoms with E-state index in [2.05, 4.69) is 0 Å². The van der Waals surface area contributed by atoms with E-state index in [1.165, 1.54) is 0 Å². The number of carbonyl (C=O) groups is 1. The largest absolute Gasteiger partial charge is 0.493 e. The van der Waals surface area contributed by atoms with E-state index in [1.807, 2.05) is 20.8 Å². The SMILES string of the molecule is CCCC(=O)c1ccc(OC(C)C)c(OC)c1. The van der Waals surface area contributed by atoms with Crippen LogP contribution in [0.2, 0.25) is 0 Å². The van der Waals surface area contributed by atoms with Gasteiger partial charge in [-0.25, -0.2) is 0 Å². The molecular weight excluding hydrogens is 216 g/mol. The summed E-state index contributed by atoms with van der Waals surface area (Å²) in [6.07, 6.45) is 1.50. The summed E-state index contributed by atoms with van der Waals surface area (Å²) >= 11 is 0. The minimum atomic E-state index is 0.0843. The fourth-order valence-electron chi connectivity index (χ4n) is 1.56. The molecule has 0 saturated heterocycles. The standard InChI is InChI=1S/C14H20O3/c1-5-6-12(15)11-7-8-13(17-10(2)3)14(9-11)16-4/h7-10H,5-6H2,1-4H3. The topological polar surface area (TPSA) is 35.5 Å². The van der Waals surface area contributed by atoms with Crippen molar-refractivity contribution in [3.05, 3.63) is 23.8 Å². The number of methoxy groups -OCH3 is 1. The maximum Gasteiger partial charge on any atom is 0.163 e. The van der Waals surface area contributed by atoms with Gasteiger partial charge < -0.3 is 9.47 Å². The lowest BCUT2D eigenvalue weighted by Crippen LogP contribution is -2.07. The van der Waals surface area contributed by atoms with Gasteiger partial charge in [0.2, 0.25) is 0 Å². The maximum absolute atomic E-state index is 11.7. The summed E-state index contributed by atoms with van der Waals surface area (Å²) in [5.41, 5.74) is 0.680. The van der Waals surface area contributed by atoms with E-state index in [0.29, 0.717) is 23.5 Å². The van der Waals surface area contributed by atoms with E-state index in [4.69, 9.17) is 9.47 Å². The fraction of sp³-hybridized carbons (Fsp3) is 0.500. The van der Waals surface area contributed by atoms with Crippen LogP contribution < -0.4 is 9.47 Å². The Labute approximate surface area is 103 Å². The first-order valence-electron chi connectivity index (χ1n) is 5.96. The lowest BCUT2D eigenvalue weighted by molar-refractivity contribution is 0.0981. The third-order valence-corrected chi connectivity index (χ3v) is 2.33. The predicted octanol–water partition coefficient (Wildman–Crippen LogP) is 3.47. The van der Waals surface area contributed by atoms with Crippen molar-refractivity contribution in [2.75, 3.05) is 7.11 Å². The summed E-state index contributed by atoms with van der Waals surface area (Å²) in [6.45, 7) is 5.90. The van der Waals surface area contributed by atoms with Crippen LogP contribution in [0, 0.1) is 0 Å². The van der Waals surface area contributed by atoms with Crippen molar-refractivity contribution in [2.24, 2.45) is 0 Å². The first-order chi connectivity index (χ1) is 8.08. The third kappa shape index (κ3) is 3.77. The van der Waals surface area contributed by atoms with Crippen LogP contribution in [0.5, 0.6) is 11.5 Å². The van der Waals surface area contributed by atoms with Crippen LogP contribution in [0.1, 0.15) is 44.0 Å². The number of Topliss-reactive ketones (excluding diaryl/α,β-unsaturated/α-hetero) is 1. The maximum atomic E-state index is 11.7. The van der Waals surface area contributed by atoms with Crippen molar-refractivity contribution in [3.8, 4) is 11.5 Å². The van der Waals surface area contributed by atoms with E-state index >= 15 is 0 Å². The summed E-state index contributed by atoms with van der Waals surface area (Å²) in [5, 5.41) is 0. The molecule has 1 rings (SSSR count). The molecule has 0 bridgehead atoms. The van der Waals surface area contributed by atoms with Crippen molar-refractivity contribution in [1.29, 1.82) is 0 Å². The quantitative estimate of drug-likeness (QED) is 0.709. The number of ether oxygens (including phenoxy) is 2. The molecule has 0 spiro atoms. The van der Waals surface area contributed by atoms with Crippen LogP contribution in [0.15, 0.2) is 18.2 Å². The smallest absolute Gasteiger partial charge is 0.163 e. The average Bonchev–Trinajstić information content (AvgIpc) is 2.29. The van der Waals surface area contributed by atoms with Crippen molar-refractivity contribution >= 4 is 5.78 Å². The monoisotopic (exact) mass is 236 g/mol. The lowest BCUT2D eigenvalue weighted by Gasteiger charge is -2.14. The normalized spacial score (nSPS) is 10.4. The minimum Gasteiger partial charge on any atom is -0.493 e. The van der Waals surface area contributed by atoms with Gasteiger partial charge in [0, 0.05) is 12.0 Å². The van der Waals surface area contributed by atoms with E-state index in [-0.39, 0.29) is 11.9 Å². The first-order valence-corrected chi connectivity index (χ1v) is 5.96. The second-order valence-corrected chi connectivity index (χ2v) is 4.21. The van der Waals surface area contributed by atoms with Gasteiger partial charge >= 0.3 is 0 Å². The van der Waals surface area contributed by atoms with E-state index < -0.39 is 0 Å². The Balaban J connectivity index is 2.95. The first kappa shape index (κ1) is 13.6. The molecule has 1 aromatic rings. The molecule has 1 aromatic carbocycles. The molecule has 0 unspecified atom stereocenters. The average molecular weight is 236 g/mol. The molecule has 0 radical (unpaired) electrons. The van der Waals surface area contributed by atoms with Gasteiger partial charge in [0.25, 0.3) is 0 Å². The van der Waals surface area contributed by atoms with E-state index in [9.17, 15) is 4.79 Å². The van der Waals surface area contributed by atoms with E-state index in [1.54, 1.807) is 25.3 Å². The Morgan fingerprint density at radius 2 is 2.00 bits per heavy atom. The van der Waals surface area contributed by atoms with Crippen molar-refractivity contribution in [1.82, 2.24) is 0 Å². The van der Waals surface area contributed by atoms with Crippen LogP contribution in [0.3, 0.4) is 0 Å². The molecule has 17 heavy (non-hydrogen) atoms. The van der Waals surface area contributed by atoms with Gasteiger partial charge in [-0.2, -0.15) is 0 Å². The van der Waals surface area contributed by atoms with Gasteiger partial charge in [0.1, 0.15) is 0 Å². The summed E-state index contributed by atoms with van der Waals surface area (Å²) in [5.74, 6) is 1.43. The Morgan fingerprint density at radius 1 is 1.29 bits per heavy atom. The Kier molecular flexibility index (Phi) is 5.01. The second-order valence-electron chi connectivity index (χ2n) is 4.21. The molecule has 0 aliphatic carbocycles. The summed E-state index contributed by atoms with van der Waals surface area (Å²) in [4.78, 5) is 11.7. The van der Waals surface area contributed by atoms with Gasteiger partial charge in [0.15, 0.2) is 17.3 Å². The lowest BCUT2D eigenvalue weighted by atomic mass is 10.1. The zero-order chi connectivity index (χ0) is 12.8. The number of rotatable bonds is 6. The Morgan fingerprint density at radius 3 is 2.53 bits per heavy atom. The summed E-state index contributed by atoms with van der Waals surface area (Å²) in [6, 6.07) is 5.33. The molecule has 0 N–H and O–H groups in total. The molecule has 3 nitrogen and oxygen atoms in total. The third-order valence-electron chi connectivity index (χ3n) is 2.33. The predicted molar refractivity (Wildman–Crippen MR) is 68.0 cm³/mol. The molecule has 0 heterocycles. The summed E-state index contributed by atoms with van der Waals surface area (Å²) < 4.78 is 10.8. The minimum absolute atomic E-state index is 0.0843. The van der Waals surface area contributed by atoms with Crippen LogP contribution in [0.25, 0.3) is 0 Å². The fourth-order valence-corrected chi connectivity index (χ4v) is 1.56. The van der Waals surface area contributed by atoms with Gasteiger partial charge in [-0.3, -0.25) is 4.79 Å². The highest BCUT2D eigenvalue weighted by atomic mass is 16.5. The van der Waals surface area contributed by atoms with Crippen LogP contribution in [-0.4, -0.2) is 19.0 Å². The number of hydrogen-bond donors (Lipinski definition) is 0. The molecule has 3 heteroatoms. The number of ketones is 1. The van der Waals surface area contributed by atoms with E-state index in [0.717, 1.165) is 6.42 Å². The second kappa shape index (κ2) is 6.28. The highest BCUT2D eigenvalue weighted by molar-refractivity contribution is 5.96. The van der Waals surface area contributed by atoms with Crippen molar-refractivity contribution in [3.63, 3.8) is 0 Å². The molecule has 0 aromatic heterocycles. The highest BCUT2D eigenvalue weighted by Gasteiger charge is 2.11. The van der Waals surface area contributed by atoms with Gasteiger partial charge in [-0.15, -0.1) is 0 Å². The molecule has 0 aliphatic heterocycles. The van der Waals surface area contributed by atoms with Crippen LogP contribution >= 0.6 is 0 Å². The van der Waals surface area contributed by atoms with Crippen LogP contribution in [-0.2, 0) is 0 Å². The van der Waals surface area contributed by atoms with Crippen LogP contribution in [0.4, 0.5) is 0 Å². The molecule has 0 atom stereocenters. The number of carbonyl (C=O) groups excluding carboxylic acids is 1. The number of hydrogen-bond acceptors (Lipinski definition) is 3. The number of benzene rings is 1. The molecule has 0 saturated carbocycles. The molecule has 94 valence electrons. The zero-order valence-corrected chi connectivity index (χ0v) is 10.9. The highest BCUT2D eigenvalue weighted by Crippen LogP contribution is 2.29. The Hall–Kier alpha value is -1.51. The molecule has 0 fully saturated rings. The van der Waals surface area contributed by atoms with Gasteiger partial charge in [-0.05, 0) is 38.5 Å². The van der Waals surface area contributed by atoms with Crippen molar-refractivity contribution < 1.29 is 14.3 Å². The molecule has 0 aliphatic rings. The molecular formula is C14H20O3. The van der Waals surface area contributed by atoms with Gasteiger partial charge in [0.05, 0.1) is 13.2 Å². The Bertz CT molecular complexity index is 383. The molecule has 0 amide bonds. The zero-order valence-electron chi connectivity index (χ0n) is 10.9. The summed E-state index contributed by atoms with van der Waals surface area (Å²) in [7, 11) is 1.58.